The fourth-order valence-corrected chi connectivity index (χ4v) is 4.46. The number of methoxy groups -OCH3 is 1. The number of fused-ring (bicyclic) bond motifs is 1. The first-order valence-corrected chi connectivity index (χ1v) is 10.7. The van der Waals surface area contributed by atoms with Gasteiger partial charge in [0.2, 0.25) is 5.88 Å². The molecule has 0 radical (unpaired) electrons. The summed E-state index contributed by atoms with van der Waals surface area (Å²) < 4.78 is 39.6. The first kappa shape index (κ1) is 22.0. The second-order valence-electron chi connectivity index (χ2n) is 7.83. The fraction of sp³-hybridized carbons (Fsp3) is 0.217. The number of aromatic nitrogens is 4. The summed E-state index contributed by atoms with van der Waals surface area (Å²) in [7, 11) is 3.32. The van der Waals surface area contributed by atoms with Gasteiger partial charge in [0.15, 0.2) is 0 Å². The molecule has 34 heavy (non-hydrogen) atoms. The molecule has 0 bridgehead atoms. The van der Waals surface area contributed by atoms with Crippen LogP contribution in [0.2, 0.25) is 5.02 Å². The lowest BCUT2D eigenvalue weighted by molar-refractivity contribution is 0.0708. The van der Waals surface area contributed by atoms with Crippen LogP contribution in [0.4, 0.5) is 8.78 Å². The minimum absolute atomic E-state index is 0.0991. The van der Waals surface area contributed by atoms with Crippen molar-refractivity contribution in [2.24, 2.45) is 7.05 Å². The number of ether oxygens (including phenoxy) is 1. The number of nitrogens with zero attached hydrogens (tertiary/aromatic N) is 5. The van der Waals surface area contributed by atoms with Crippen LogP contribution in [0.5, 0.6) is 5.88 Å². The van der Waals surface area contributed by atoms with E-state index < -0.39 is 17.5 Å². The quantitative estimate of drug-likeness (QED) is 0.430. The van der Waals surface area contributed by atoms with Crippen LogP contribution in [0.15, 0.2) is 47.1 Å². The van der Waals surface area contributed by atoms with E-state index in [1.54, 1.807) is 36.0 Å². The molecule has 5 rings (SSSR count). The second-order valence-corrected chi connectivity index (χ2v) is 8.23. The van der Waals surface area contributed by atoms with Gasteiger partial charge in [0.25, 0.3) is 17.6 Å². The zero-order valence-electron chi connectivity index (χ0n) is 18.1. The molecule has 0 saturated carbocycles. The van der Waals surface area contributed by atoms with Gasteiger partial charge in [-0.2, -0.15) is 10.1 Å². The van der Waals surface area contributed by atoms with E-state index in [2.05, 4.69) is 15.2 Å². The third kappa shape index (κ3) is 3.69. The first-order chi connectivity index (χ1) is 16.4. The van der Waals surface area contributed by atoms with E-state index in [4.69, 9.17) is 20.9 Å². The number of halogens is 3. The van der Waals surface area contributed by atoms with Crippen molar-refractivity contribution in [2.75, 3.05) is 13.7 Å². The number of benzene rings is 2. The lowest BCUT2D eigenvalue weighted by Crippen LogP contribution is -2.39. The highest BCUT2D eigenvalue weighted by Gasteiger charge is 2.35. The molecule has 1 aliphatic heterocycles. The number of carbonyl (C=O) groups excluding carboxylic acids is 1. The van der Waals surface area contributed by atoms with Gasteiger partial charge in [0.1, 0.15) is 11.6 Å². The highest BCUT2D eigenvalue weighted by atomic mass is 35.5. The molecule has 0 saturated heterocycles. The largest absolute Gasteiger partial charge is 0.481 e. The topological polar surface area (TPSA) is 86.3 Å². The molecule has 0 aliphatic carbocycles. The Morgan fingerprint density at radius 1 is 1.24 bits per heavy atom. The van der Waals surface area contributed by atoms with Crippen molar-refractivity contribution < 1.29 is 22.8 Å². The maximum Gasteiger partial charge on any atom is 0.295 e. The molecule has 11 heteroatoms. The van der Waals surface area contributed by atoms with Crippen LogP contribution in [0.3, 0.4) is 0 Å². The van der Waals surface area contributed by atoms with Crippen molar-refractivity contribution in [1.29, 1.82) is 0 Å². The standard InChI is InChI=1S/C23H18ClF2N5O3/c1-30-23(33-2)15(9-27-30)16-10-31(11-17-13(16)4-3-5-18(17)24)22(32)20-28-21(34-29-20)14-7-6-12(25)8-19(14)26/h3-9,16H,10-11H2,1-2H3. The second kappa shape index (κ2) is 8.53. The minimum Gasteiger partial charge on any atom is -0.481 e. The number of carbonyl (C=O) groups is 1. The van der Waals surface area contributed by atoms with Crippen molar-refractivity contribution in [3.05, 3.63) is 81.8 Å². The smallest absolute Gasteiger partial charge is 0.295 e. The van der Waals surface area contributed by atoms with Gasteiger partial charge >= 0.3 is 0 Å². The zero-order chi connectivity index (χ0) is 24.0. The SMILES string of the molecule is COc1c(C2CN(C(=O)c3noc(-c4ccc(F)cc4F)n3)Cc3c(Cl)cccc32)cnn1C. The molecule has 2 aromatic carbocycles. The zero-order valence-corrected chi connectivity index (χ0v) is 18.9. The van der Waals surface area contributed by atoms with E-state index in [0.717, 1.165) is 22.8 Å². The maximum atomic E-state index is 14.1. The van der Waals surface area contributed by atoms with Gasteiger partial charge in [0.05, 0.1) is 18.9 Å². The van der Waals surface area contributed by atoms with E-state index >= 15 is 0 Å². The predicted octanol–water partition coefficient (Wildman–Crippen LogP) is 4.20. The molecular formula is C23H18ClF2N5O3. The van der Waals surface area contributed by atoms with Crippen LogP contribution < -0.4 is 4.74 Å². The Bertz CT molecular complexity index is 1400. The van der Waals surface area contributed by atoms with Gasteiger partial charge in [0, 0.05) is 42.7 Å². The Kier molecular flexibility index (Phi) is 5.52. The third-order valence-electron chi connectivity index (χ3n) is 5.83. The fourth-order valence-electron chi connectivity index (χ4n) is 4.22. The Balaban J connectivity index is 1.50. The van der Waals surface area contributed by atoms with Gasteiger partial charge in [-0.1, -0.05) is 28.9 Å². The minimum atomic E-state index is -0.870. The highest BCUT2D eigenvalue weighted by molar-refractivity contribution is 6.31. The molecule has 1 atom stereocenters. The maximum absolute atomic E-state index is 14.1. The molecule has 174 valence electrons. The summed E-state index contributed by atoms with van der Waals surface area (Å²) in [5.41, 5.74) is 2.45. The first-order valence-electron chi connectivity index (χ1n) is 10.3. The Morgan fingerprint density at radius 3 is 2.82 bits per heavy atom. The van der Waals surface area contributed by atoms with Crippen molar-refractivity contribution in [2.45, 2.75) is 12.5 Å². The average Bonchev–Trinajstić information content (AvgIpc) is 3.45. The summed E-state index contributed by atoms with van der Waals surface area (Å²) in [6.45, 7) is 0.505. The van der Waals surface area contributed by atoms with E-state index in [0.29, 0.717) is 17.0 Å². The number of aryl methyl sites for hydroxylation is 1. The molecule has 2 aromatic heterocycles. The Morgan fingerprint density at radius 2 is 2.06 bits per heavy atom. The molecule has 1 unspecified atom stereocenters. The van der Waals surface area contributed by atoms with Crippen molar-refractivity contribution in [1.82, 2.24) is 24.8 Å². The van der Waals surface area contributed by atoms with E-state index in [1.807, 2.05) is 12.1 Å². The summed E-state index contributed by atoms with van der Waals surface area (Å²) in [5.74, 6) is -2.29. The van der Waals surface area contributed by atoms with Gasteiger partial charge in [-0.15, -0.1) is 0 Å². The summed E-state index contributed by atoms with van der Waals surface area (Å²) in [6.07, 6.45) is 1.70. The molecule has 8 nitrogen and oxygen atoms in total. The number of hydrogen-bond acceptors (Lipinski definition) is 6. The van der Waals surface area contributed by atoms with Crippen molar-refractivity contribution in [3.8, 4) is 17.3 Å². The lowest BCUT2D eigenvalue weighted by Gasteiger charge is -2.34. The summed E-state index contributed by atoms with van der Waals surface area (Å²) in [4.78, 5) is 18.9. The Hall–Kier alpha value is -3.79. The van der Waals surface area contributed by atoms with Gasteiger partial charge in [-0.3, -0.25) is 4.79 Å². The van der Waals surface area contributed by atoms with Gasteiger partial charge < -0.3 is 14.2 Å². The third-order valence-corrected chi connectivity index (χ3v) is 6.18. The molecular weight excluding hydrogens is 468 g/mol. The van der Waals surface area contributed by atoms with Crippen LogP contribution in [-0.2, 0) is 13.6 Å². The molecule has 3 heterocycles. The summed E-state index contributed by atoms with van der Waals surface area (Å²) >= 11 is 6.49. The van der Waals surface area contributed by atoms with Crippen molar-refractivity contribution in [3.63, 3.8) is 0 Å². The van der Waals surface area contributed by atoms with Crippen molar-refractivity contribution >= 4 is 17.5 Å². The van der Waals surface area contributed by atoms with Crippen LogP contribution in [0, 0.1) is 11.6 Å². The molecule has 4 aromatic rings. The molecule has 1 aliphatic rings. The monoisotopic (exact) mass is 485 g/mol. The molecule has 0 fully saturated rings. The van der Waals surface area contributed by atoms with Crippen LogP contribution in [0.1, 0.15) is 33.2 Å². The van der Waals surface area contributed by atoms with E-state index in [1.165, 1.54) is 6.07 Å². The highest BCUT2D eigenvalue weighted by Crippen LogP contribution is 2.40. The predicted molar refractivity (Wildman–Crippen MR) is 117 cm³/mol. The average molecular weight is 486 g/mol. The van der Waals surface area contributed by atoms with Crippen LogP contribution >= 0.6 is 11.6 Å². The molecule has 1 amide bonds. The molecule has 0 spiro atoms. The van der Waals surface area contributed by atoms with E-state index in [-0.39, 0.29) is 36.3 Å². The summed E-state index contributed by atoms with van der Waals surface area (Å²) in [5, 5.41) is 8.54. The lowest BCUT2D eigenvalue weighted by atomic mass is 9.85. The summed E-state index contributed by atoms with van der Waals surface area (Å²) in [6, 6.07) is 8.53. The molecule has 0 N–H and O–H groups in total. The Labute approximate surface area is 197 Å². The van der Waals surface area contributed by atoms with E-state index in [9.17, 15) is 13.6 Å². The van der Waals surface area contributed by atoms with Crippen LogP contribution in [0.25, 0.3) is 11.5 Å². The normalized spacial score (nSPS) is 15.3. The number of amides is 1. The number of hydrogen-bond donors (Lipinski definition) is 0. The number of rotatable bonds is 4. The van der Waals surface area contributed by atoms with Gasteiger partial charge in [-0.05, 0) is 29.3 Å². The van der Waals surface area contributed by atoms with Gasteiger partial charge in [-0.25, -0.2) is 13.5 Å². The van der Waals surface area contributed by atoms with Crippen LogP contribution in [-0.4, -0.2) is 44.4 Å².